The third-order valence-electron chi connectivity index (χ3n) is 4.87. The minimum atomic E-state index is 0.136. The van der Waals surface area contributed by atoms with E-state index in [0.29, 0.717) is 12.0 Å². The molecule has 25 heavy (non-hydrogen) atoms. The molecule has 1 unspecified atom stereocenters. The second-order valence-corrected chi connectivity index (χ2v) is 7.60. The van der Waals surface area contributed by atoms with Crippen LogP contribution in [0.2, 0.25) is 0 Å². The number of carbonyl (C=O) groups is 2. The Balaban J connectivity index is 1.81. The van der Waals surface area contributed by atoms with Crippen LogP contribution in [-0.2, 0) is 9.53 Å². The first-order chi connectivity index (χ1) is 12.1. The number of hydrogen-bond donors (Lipinski definition) is 1. The van der Waals surface area contributed by atoms with Crippen LogP contribution in [0, 0.1) is 0 Å². The molecule has 0 bridgehead atoms. The molecular formula is C18H23N3O3S. The Labute approximate surface area is 152 Å². The number of nitrogens with zero attached hydrogens (tertiary/aromatic N) is 2. The predicted molar refractivity (Wildman–Crippen MR) is 97.8 cm³/mol. The molecule has 3 rings (SSSR count). The number of nitrogens with two attached hydrogens (primary N) is 1. The summed E-state index contributed by atoms with van der Waals surface area (Å²) in [4.78, 5) is 24.5. The molecule has 1 atom stereocenters. The maximum Gasteiger partial charge on any atom is 0.294 e. The Morgan fingerprint density at radius 2 is 2.24 bits per heavy atom. The SMILES string of the molecule is CN(/C=C\c1c(C=O)cccc1SN1CCC(N)C12CC2)COC=O. The summed E-state index contributed by atoms with van der Waals surface area (Å²) in [5, 5.41) is 0. The molecule has 0 amide bonds. The molecule has 0 aromatic heterocycles. The van der Waals surface area contributed by atoms with Gasteiger partial charge >= 0.3 is 0 Å². The van der Waals surface area contributed by atoms with Crippen LogP contribution >= 0.6 is 11.9 Å². The lowest BCUT2D eigenvalue weighted by molar-refractivity contribution is -0.131. The lowest BCUT2D eigenvalue weighted by Crippen LogP contribution is -2.38. The highest BCUT2D eigenvalue weighted by Crippen LogP contribution is 2.53. The highest BCUT2D eigenvalue weighted by atomic mass is 32.2. The van der Waals surface area contributed by atoms with E-state index in [9.17, 15) is 9.59 Å². The van der Waals surface area contributed by atoms with Gasteiger partial charge in [0.2, 0.25) is 0 Å². The molecule has 1 spiro atoms. The first-order valence-electron chi connectivity index (χ1n) is 8.34. The van der Waals surface area contributed by atoms with Crippen molar-refractivity contribution in [3.63, 3.8) is 0 Å². The van der Waals surface area contributed by atoms with Gasteiger partial charge in [0.1, 0.15) is 0 Å². The molecule has 1 saturated heterocycles. The van der Waals surface area contributed by atoms with Crippen LogP contribution in [0.5, 0.6) is 0 Å². The quantitative estimate of drug-likeness (QED) is 0.432. The van der Waals surface area contributed by atoms with Gasteiger partial charge in [-0.25, -0.2) is 4.31 Å². The predicted octanol–water partition coefficient (Wildman–Crippen LogP) is 2.10. The fourth-order valence-electron chi connectivity index (χ4n) is 3.25. The Morgan fingerprint density at radius 3 is 2.92 bits per heavy atom. The zero-order valence-electron chi connectivity index (χ0n) is 14.3. The summed E-state index contributed by atoms with van der Waals surface area (Å²) in [5.41, 5.74) is 7.93. The molecule has 1 aliphatic heterocycles. The van der Waals surface area contributed by atoms with Crippen LogP contribution in [0.4, 0.5) is 0 Å². The number of hydrogen-bond acceptors (Lipinski definition) is 7. The highest BCUT2D eigenvalue weighted by Gasteiger charge is 2.56. The number of carbonyl (C=O) groups excluding carboxylic acids is 2. The summed E-state index contributed by atoms with van der Waals surface area (Å²) in [6, 6.07) is 5.97. The minimum absolute atomic E-state index is 0.136. The van der Waals surface area contributed by atoms with Crippen molar-refractivity contribution < 1.29 is 14.3 Å². The standard InChI is InChI=1S/C18H23N3O3S/c1-20(12-24-13-23)9-5-15-14(11-22)3-2-4-16(15)25-21-10-6-17(19)18(21)7-8-18/h2-5,9,11,13,17H,6-8,10,12,19H2,1H3/b9-5-. The van der Waals surface area contributed by atoms with Gasteiger partial charge in [-0.05, 0) is 43.4 Å². The van der Waals surface area contributed by atoms with Crippen LogP contribution in [0.3, 0.4) is 0 Å². The maximum atomic E-state index is 11.5. The third kappa shape index (κ3) is 3.73. The molecule has 134 valence electrons. The molecule has 2 fully saturated rings. The van der Waals surface area contributed by atoms with Gasteiger partial charge in [-0.3, -0.25) is 9.59 Å². The zero-order valence-corrected chi connectivity index (χ0v) is 15.1. The van der Waals surface area contributed by atoms with Crippen LogP contribution < -0.4 is 5.73 Å². The monoisotopic (exact) mass is 361 g/mol. The summed E-state index contributed by atoms with van der Waals surface area (Å²) in [6.07, 6.45) is 7.86. The Morgan fingerprint density at radius 1 is 1.44 bits per heavy atom. The smallest absolute Gasteiger partial charge is 0.294 e. The van der Waals surface area contributed by atoms with Gasteiger partial charge in [0.25, 0.3) is 6.47 Å². The van der Waals surface area contributed by atoms with E-state index >= 15 is 0 Å². The fourth-order valence-corrected chi connectivity index (χ4v) is 4.61. The molecule has 6 nitrogen and oxygen atoms in total. The Bertz CT molecular complexity index is 676. The lowest BCUT2D eigenvalue weighted by atomic mass is 10.1. The Kier molecular flexibility index (Phi) is 5.46. The van der Waals surface area contributed by atoms with E-state index in [-0.39, 0.29) is 18.3 Å². The van der Waals surface area contributed by atoms with E-state index in [1.807, 2.05) is 18.2 Å². The van der Waals surface area contributed by atoms with Gasteiger partial charge in [-0.15, -0.1) is 0 Å². The molecule has 2 N–H and O–H groups in total. The number of ether oxygens (including phenoxy) is 1. The molecule has 1 aromatic rings. The van der Waals surface area contributed by atoms with Crippen molar-refractivity contribution in [3.8, 4) is 0 Å². The van der Waals surface area contributed by atoms with Crippen molar-refractivity contribution in [1.29, 1.82) is 0 Å². The number of benzene rings is 1. The summed E-state index contributed by atoms with van der Waals surface area (Å²) in [5.74, 6) is 0. The second-order valence-electron chi connectivity index (χ2n) is 6.53. The van der Waals surface area contributed by atoms with E-state index in [2.05, 4.69) is 4.31 Å². The molecular weight excluding hydrogens is 338 g/mol. The van der Waals surface area contributed by atoms with Gasteiger partial charge in [-0.2, -0.15) is 0 Å². The van der Waals surface area contributed by atoms with Crippen molar-refractivity contribution in [2.75, 3.05) is 20.3 Å². The molecule has 1 heterocycles. The summed E-state index contributed by atoms with van der Waals surface area (Å²) >= 11 is 1.69. The topological polar surface area (TPSA) is 75.9 Å². The fraction of sp³-hybridized carbons (Fsp3) is 0.444. The van der Waals surface area contributed by atoms with E-state index in [1.165, 1.54) is 0 Å². The van der Waals surface area contributed by atoms with E-state index in [0.717, 1.165) is 42.6 Å². The summed E-state index contributed by atoms with van der Waals surface area (Å²) < 4.78 is 7.11. The average Bonchev–Trinajstić information content (AvgIpc) is 3.37. The van der Waals surface area contributed by atoms with Crippen molar-refractivity contribution in [3.05, 3.63) is 35.5 Å². The van der Waals surface area contributed by atoms with Gasteiger partial charge in [0.15, 0.2) is 13.0 Å². The van der Waals surface area contributed by atoms with Gasteiger partial charge in [0, 0.05) is 47.4 Å². The molecule has 1 aliphatic carbocycles. The second kappa shape index (κ2) is 7.59. The molecule has 2 aliphatic rings. The molecule has 0 radical (unpaired) electrons. The number of aldehydes is 1. The third-order valence-corrected chi connectivity index (χ3v) is 6.19. The van der Waals surface area contributed by atoms with E-state index in [4.69, 9.17) is 10.5 Å². The maximum absolute atomic E-state index is 11.5. The van der Waals surface area contributed by atoms with Crippen molar-refractivity contribution >= 4 is 30.8 Å². The van der Waals surface area contributed by atoms with Crippen molar-refractivity contribution in [2.45, 2.75) is 35.7 Å². The van der Waals surface area contributed by atoms with Crippen LogP contribution in [0.15, 0.2) is 29.3 Å². The van der Waals surface area contributed by atoms with Crippen molar-refractivity contribution in [2.24, 2.45) is 5.73 Å². The summed E-state index contributed by atoms with van der Waals surface area (Å²) in [6.45, 7) is 1.54. The van der Waals surface area contributed by atoms with E-state index < -0.39 is 0 Å². The first-order valence-corrected chi connectivity index (χ1v) is 9.11. The zero-order chi connectivity index (χ0) is 17.9. The molecule has 1 aromatic carbocycles. The molecule has 1 saturated carbocycles. The van der Waals surface area contributed by atoms with Gasteiger partial charge in [-0.1, -0.05) is 12.1 Å². The van der Waals surface area contributed by atoms with Crippen LogP contribution in [0.25, 0.3) is 6.08 Å². The first kappa shape index (κ1) is 18.0. The largest absolute Gasteiger partial charge is 0.446 e. The average molecular weight is 361 g/mol. The van der Waals surface area contributed by atoms with Crippen LogP contribution in [-0.4, -0.2) is 53.9 Å². The van der Waals surface area contributed by atoms with Crippen molar-refractivity contribution in [1.82, 2.24) is 9.21 Å². The van der Waals surface area contributed by atoms with Crippen LogP contribution in [0.1, 0.15) is 35.2 Å². The Hall–Kier alpha value is -1.83. The number of rotatable bonds is 8. The lowest BCUT2D eigenvalue weighted by Gasteiger charge is -2.26. The highest BCUT2D eigenvalue weighted by molar-refractivity contribution is 7.97. The normalized spacial score (nSPS) is 21.6. The minimum Gasteiger partial charge on any atom is -0.446 e. The summed E-state index contributed by atoms with van der Waals surface area (Å²) in [7, 11) is 1.80. The van der Waals surface area contributed by atoms with E-state index in [1.54, 1.807) is 36.2 Å². The van der Waals surface area contributed by atoms with Gasteiger partial charge < -0.3 is 15.4 Å². The van der Waals surface area contributed by atoms with Gasteiger partial charge in [0.05, 0.1) is 0 Å². The molecule has 7 heteroatoms.